The summed E-state index contributed by atoms with van der Waals surface area (Å²) < 4.78 is 11.2. The van der Waals surface area contributed by atoms with Crippen molar-refractivity contribution in [2.45, 2.75) is 64.2 Å². The third-order valence-electron chi connectivity index (χ3n) is 7.67. The van der Waals surface area contributed by atoms with E-state index in [9.17, 15) is 9.59 Å². The van der Waals surface area contributed by atoms with Gasteiger partial charge in [-0.05, 0) is 77.9 Å². The number of ether oxygens (including phenoxy) is 2. The largest absolute Gasteiger partial charge is 1.00 e. The van der Waals surface area contributed by atoms with E-state index in [4.69, 9.17) is 26.8 Å². The molecule has 0 bridgehead atoms. The molecular formula is C30H39Cl2N2O4-. The molecular weight excluding hydrogens is 523 g/mol. The molecule has 208 valence electrons. The average Bonchev–Trinajstić information content (AvgIpc) is 3.76. The second kappa shape index (κ2) is 14.2. The summed E-state index contributed by atoms with van der Waals surface area (Å²) in [7, 11) is 0. The van der Waals surface area contributed by atoms with Gasteiger partial charge in [-0.15, -0.1) is 0 Å². The number of hydrogen-bond acceptors (Lipinski definition) is 5. The van der Waals surface area contributed by atoms with Crippen LogP contribution >= 0.6 is 11.6 Å². The molecule has 1 amide bonds. The number of halogens is 2. The second-order valence-corrected chi connectivity index (χ2v) is 10.6. The van der Waals surface area contributed by atoms with Crippen LogP contribution in [0.3, 0.4) is 0 Å². The highest BCUT2D eigenvalue weighted by Gasteiger charge is 2.40. The van der Waals surface area contributed by atoms with Gasteiger partial charge in [-0.3, -0.25) is 9.59 Å². The Hall–Kier alpha value is -2.28. The van der Waals surface area contributed by atoms with Crippen molar-refractivity contribution in [2.24, 2.45) is 17.6 Å². The molecule has 2 heterocycles. The van der Waals surface area contributed by atoms with Crippen LogP contribution in [0.15, 0.2) is 36.4 Å². The van der Waals surface area contributed by atoms with Crippen LogP contribution in [0.25, 0.3) is 0 Å². The lowest BCUT2D eigenvalue weighted by Crippen LogP contribution is -3.00. The molecule has 0 radical (unpaired) electrons. The first-order valence-electron chi connectivity index (χ1n) is 13.6. The number of hydrogen-bond donors (Lipinski definition) is 2. The molecule has 3 N–H and O–H groups in total. The molecule has 2 aliphatic heterocycles. The zero-order chi connectivity index (χ0) is 26.4. The lowest BCUT2D eigenvalue weighted by atomic mass is 10.00. The van der Waals surface area contributed by atoms with Gasteiger partial charge in [0.1, 0.15) is 11.5 Å². The van der Waals surface area contributed by atoms with E-state index in [0.717, 1.165) is 62.5 Å². The summed E-state index contributed by atoms with van der Waals surface area (Å²) in [5.41, 5.74) is 11.5. The second-order valence-electron chi connectivity index (χ2n) is 10.2. The van der Waals surface area contributed by atoms with Crippen molar-refractivity contribution in [2.75, 3.05) is 26.3 Å². The van der Waals surface area contributed by atoms with Crippen molar-refractivity contribution >= 4 is 22.8 Å². The first-order valence-corrected chi connectivity index (χ1v) is 14.0. The predicted molar refractivity (Wildman–Crippen MR) is 146 cm³/mol. The van der Waals surface area contributed by atoms with Crippen molar-refractivity contribution in [1.29, 1.82) is 0 Å². The van der Waals surface area contributed by atoms with Gasteiger partial charge in [-0.25, -0.2) is 0 Å². The molecule has 2 unspecified atom stereocenters. The van der Waals surface area contributed by atoms with E-state index in [0.29, 0.717) is 24.7 Å². The highest BCUT2D eigenvalue weighted by atomic mass is 35.5. The molecule has 4 aliphatic rings. The third kappa shape index (κ3) is 7.64. The molecule has 0 saturated heterocycles. The third-order valence-corrected chi connectivity index (χ3v) is 7.93. The van der Waals surface area contributed by atoms with E-state index in [1.165, 1.54) is 35.1 Å². The monoisotopic (exact) mass is 561 g/mol. The average molecular weight is 563 g/mol. The fraction of sp³-hybridized carbons (Fsp3) is 0.533. The number of amides is 1. The van der Waals surface area contributed by atoms with Crippen LogP contribution in [0.2, 0.25) is 0 Å². The summed E-state index contributed by atoms with van der Waals surface area (Å²) in [4.78, 5) is 20.8. The van der Waals surface area contributed by atoms with Gasteiger partial charge in [0.2, 0.25) is 11.1 Å². The molecule has 2 saturated carbocycles. The van der Waals surface area contributed by atoms with Crippen molar-refractivity contribution < 1.29 is 31.5 Å². The van der Waals surface area contributed by atoms with Gasteiger partial charge in [0.15, 0.2) is 0 Å². The summed E-state index contributed by atoms with van der Waals surface area (Å²) in [6.45, 7) is 6.93. The fourth-order valence-electron chi connectivity index (χ4n) is 5.30. The van der Waals surface area contributed by atoms with Gasteiger partial charge >= 0.3 is 0 Å². The Morgan fingerprint density at radius 1 is 0.895 bits per heavy atom. The van der Waals surface area contributed by atoms with Gasteiger partial charge in [0, 0.05) is 43.4 Å². The van der Waals surface area contributed by atoms with Crippen LogP contribution in [0.5, 0.6) is 11.5 Å². The zero-order valence-electron chi connectivity index (χ0n) is 22.3. The number of benzene rings is 2. The Morgan fingerprint density at radius 2 is 1.39 bits per heavy atom. The topological polar surface area (TPSA) is 90.7 Å². The molecule has 4 atom stereocenters. The number of fused-ring (bicyclic) bond motifs is 2. The van der Waals surface area contributed by atoms with Gasteiger partial charge in [0.05, 0.1) is 13.2 Å². The Bertz CT molecular complexity index is 1110. The van der Waals surface area contributed by atoms with E-state index in [1.807, 2.05) is 6.92 Å². The highest BCUT2D eigenvalue weighted by molar-refractivity contribution is 6.63. The summed E-state index contributed by atoms with van der Waals surface area (Å²) in [5, 5.41) is 2.72. The minimum absolute atomic E-state index is 0. The van der Waals surface area contributed by atoms with E-state index >= 15 is 0 Å². The maximum Gasteiger partial charge on any atom is 0.221 e. The van der Waals surface area contributed by atoms with Crippen LogP contribution in [0.1, 0.15) is 73.6 Å². The van der Waals surface area contributed by atoms with E-state index in [1.54, 1.807) is 6.92 Å². The molecule has 8 heteroatoms. The van der Waals surface area contributed by atoms with Gasteiger partial charge < -0.3 is 32.9 Å². The van der Waals surface area contributed by atoms with Crippen LogP contribution in [-0.4, -0.2) is 37.5 Å². The number of rotatable bonds is 7. The van der Waals surface area contributed by atoms with Crippen molar-refractivity contribution in [3.8, 4) is 11.5 Å². The number of carbonyl (C=O) groups is 2. The van der Waals surface area contributed by atoms with Crippen molar-refractivity contribution in [1.82, 2.24) is 5.32 Å². The summed E-state index contributed by atoms with van der Waals surface area (Å²) in [6, 6.07) is 12.8. The molecule has 2 fully saturated rings. The maximum atomic E-state index is 11.2. The molecule has 2 aromatic carbocycles. The Labute approximate surface area is 237 Å². The Balaban J connectivity index is 0.000000179. The maximum absolute atomic E-state index is 11.2. The highest BCUT2D eigenvalue weighted by Crippen LogP contribution is 2.51. The number of nitrogens with two attached hydrogens (primary N) is 1. The Morgan fingerprint density at radius 3 is 1.84 bits per heavy atom. The molecule has 0 aromatic heterocycles. The lowest BCUT2D eigenvalue weighted by molar-refractivity contribution is -0.120. The smallest absolute Gasteiger partial charge is 0.221 e. The van der Waals surface area contributed by atoms with Gasteiger partial charge in [0.25, 0.3) is 0 Å². The zero-order valence-corrected chi connectivity index (χ0v) is 23.8. The minimum Gasteiger partial charge on any atom is -1.00 e. The van der Waals surface area contributed by atoms with Gasteiger partial charge in [-0.2, -0.15) is 0 Å². The van der Waals surface area contributed by atoms with Crippen molar-refractivity contribution in [3.63, 3.8) is 0 Å². The SMILES string of the molecule is CCC(=O)Cl.CCC(=O)NC[C@@H]1CC1c1cccc2c1CCO2.NC[C@@H]1CC1c1cccc2c1CCO2.[Cl-]. The van der Waals surface area contributed by atoms with Crippen LogP contribution in [0, 0.1) is 11.8 Å². The lowest BCUT2D eigenvalue weighted by Gasteiger charge is -2.07. The van der Waals surface area contributed by atoms with Crippen molar-refractivity contribution in [3.05, 3.63) is 58.7 Å². The first kappa shape index (κ1) is 30.3. The summed E-state index contributed by atoms with van der Waals surface area (Å²) in [6.07, 6.45) is 5.59. The molecule has 38 heavy (non-hydrogen) atoms. The standard InChI is InChI=1S/C15H19NO2.C12H15NO.C3H5ClO.ClH/c1-2-15(17)16-9-10-8-13(10)11-4-3-5-14-12(11)6-7-18-14;13-7-8-6-11(8)9-2-1-3-12-10(9)4-5-14-12;1-2-3(4)5;/h3-5,10,13H,2,6-9H2,1H3,(H,16,17);1-3,8,11H,4-7,13H2;2H2,1H3;1H/p-1/t10-,13?;8-,11?;;/m00../s1. The van der Waals surface area contributed by atoms with Crippen LogP contribution in [-0.2, 0) is 22.4 Å². The van der Waals surface area contributed by atoms with E-state index < -0.39 is 0 Å². The van der Waals surface area contributed by atoms with Gasteiger partial charge in [-0.1, -0.05) is 38.1 Å². The molecule has 6 nitrogen and oxygen atoms in total. The minimum atomic E-state index is -0.273. The molecule has 2 aromatic rings. The van der Waals surface area contributed by atoms with E-state index in [-0.39, 0.29) is 23.6 Å². The molecule has 6 rings (SSSR count). The first-order chi connectivity index (χ1) is 18.0. The summed E-state index contributed by atoms with van der Waals surface area (Å²) in [5.74, 6) is 5.01. The summed E-state index contributed by atoms with van der Waals surface area (Å²) >= 11 is 4.82. The molecule has 2 aliphatic carbocycles. The Kier molecular flexibility index (Phi) is 11.3. The number of nitrogens with one attached hydrogen (secondary N) is 1. The normalized spacial score (nSPS) is 22.9. The quantitative estimate of drug-likeness (QED) is 0.505. The predicted octanol–water partition coefficient (Wildman–Crippen LogP) is 2.10. The van der Waals surface area contributed by atoms with E-state index in [2.05, 4.69) is 41.7 Å². The number of carbonyl (C=O) groups excluding carboxylic acids is 2. The van der Waals surface area contributed by atoms with Crippen LogP contribution in [0.4, 0.5) is 0 Å². The fourth-order valence-corrected chi connectivity index (χ4v) is 5.30. The van der Waals surface area contributed by atoms with Crippen LogP contribution < -0.4 is 32.9 Å². The molecule has 0 spiro atoms.